The third-order valence-corrected chi connectivity index (χ3v) is 3.85. The molecule has 0 aromatic heterocycles. The summed E-state index contributed by atoms with van der Waals surface area (Å²) in [5.41, 5.74) is 1.17. The van der Waals surface area contributed by atoms with Crippen LogP contribution >= 0.6 is 11.6 Å². The molecule has 1 aromatic carbocycles. The molecule has 0 spiro atoms. The molecule has 16 heavy (non-hydrogen) atoms. The van der Waals surface area contributed by atoms with Crippen LogP contribution in [0.4, 0.5) is 4.39 Å². The average Bonchev–Trinajstić information content (AvgIpc) is 2.27. The molecule has 0 N–H and O–H groups in total. The first-order valence-corrected chi connectivity index (χ1v) is 6.19. The summed E-state index contributed by atoms with van der Waals surface area (Å²) < 4.78 is 12.7. The van der Waals surface area contributed by atoms with Crippen LogP contribution in [0.5, 0.6) is 0 Å². The Morgan fingerprint density at radius 1 is 1.38 bits per heavy atom. The highest BCUT2D eigenvalue weighted by molar-refractivity contribution is 6.20. The van der Waals surface area contributed by atoms with E-state index in [1.54, 1.807) is 0 Å². The van der Waals surface area contributed by atoms with E-state index in [0.717, 1.165) is 26.1 Å². The van der Waals surface area contributed by atoms with Crippen LogP contribution in [0.25, 0.3) is 0 Å². The van der Waals surface area contributed by atoms with Crippen LogP contribution in [0.2, 0.25) is 0 Å². The highest BCUT2D eigenvalue weighted by atomic mass is 35.5. The third-order valence-electron chi connectivity index (χ3n) is 3.20. The Morgan fingerprint density at radius 2 is 2.06 bits per heavy atom. The molecule has 0 amide bonds. The fourth-order valence-electron chi connectivity index (χ4n) is 2.19. The average molecular weight is 242 g/mol. The van der Waals surface area contributed by atoms with Crippen molar-refractivity contribution in [3.05, 3.63) is 35.6 Å². The van der Waals surface area contributed by atoms with Gasteiger partial charge in [0.25, 0.3) is 0 Å². The first-order valence-electron chi connectivity index (χ1n) is 5.76. The maximum Gasteiger partial charge on any atom is 0.123 e. The standard InChI is InChI=1S/C13H17ClFN/c1-10-8-16(7-6-13(10)14)9-11-2-4-12(15)5-3-11/h2-5,10,13H,6-9H2,1H3. The molecule has 1 aromatic rings. The summed E-state index contributed by atoms with van der Waals surface area (Å²) in [6.07, 6.45) is 1.05. The molecule has 1 heterocycles. The number of hydrogen-bond donors (Lipinski definition) is 0. The van der Waals surface area contributed by atoms with Gasteiger partial charge in [-0.25, -0.2) is 4.39 Å². The van der Waals surface area contributed by atoms with Crippen molar-refractivity contribution in [2.24, 2.45) is 5.92 Å². The molecule has 88 valence electrons. The zero-order chi connectivity index (χ0) is 11.5. The van der Waals surface area contributed by atoms with Gasteiger partial charge in [-0.05, 0) is 36.6 Å². The lowest BCUT2D eigenvalue weighted by molar-refractivity contribution is 0.180. The van der Waals surface area contributed by atoms with Gasteiger partial charge in [0.05, 0.1) is 0 Å². The van der Waals surface area contributed by atoms with E-state index in [2.05, 4.69) is 11.8 Å². The second kappa shape index (κ2) is 5.15. The predicted molar refractivity (Wildman–Crippen MR) is 65.1 cm³/mol. The first-order chi connectivity index (χ1) is 7.65. The van der Waals surface area contributed by atoms with Crippen LogP contribution in [0.3, 0.4) is 0 Å². The van der Waals surface area contributed by atoms with E-state index in [1.807, 2.05) is 12.1 Å². The summed E-state index contributed by atoms with van der Waals surface area (Å²) in [6.45, 7) is 5.16. The molecule has 2 atom stereocenters. The number of benzene rings is 1. The molecule has 0 aliphatic carbocycles. The van der Waals surface area contributed by atoms with Crippen LogP contribution in [0, 0.1) is 11.7 Å². The van der Waals surface area contributed by atoms with Gasteiger partial charge in [-0.2, -0.15) is 0 Å². The smallest absolute Gasteiger partial charge is 0.123 e. The zero-order valence-corrected chi connectivity index (χ0v) is 10.3. The largest absolute Gasteiger partial charge is 0.299 e. The topological polar surface area (TPSA) is 3.24 Å². The van der Waals surface area contributed by atoms with E-state index in [-0.39, 0.29) is 5.82 Å². The molecule has 1 aliphatic rings. The van der Waals surface area contributed by atoms with E-state index in [4.69, 9.17) is 11.6 Å². The van der Waals surface area contributed by atoms with Crippen molar-refractivity contribution in [2.75, 3.05) is 13.1 Å². The molecular weight excluding hydrogens is 225 g/mol. The maximum atomic E-state index is 12.7. The van der Waals surface area contributed by atoms with Crippen molar-refractivity contribution in [1.29, 1.82) is 0 Å². The number of likely N-dealkylation sites (tertiary alicyclic amines) is 1. The van der Waals surface area contributed by atoms with E-state index in [1.165, 1.54) is 17.7 Å². The van der Waals surface area contributed by atoms with Gasteiger partial charge in [0.1, 0.15) is 5.82 Å². The second-order valence-electron chi connectivity index (χ2n) is 4.64. The summed E-state index contributed by atoms with van der Waals surface area (Å²) in [5, 5.41) is 0.310. The predicted octanol–water partition coefficient (Wildman–Crippen LogP) is 3.27. The molecule has 1 fully saturated rings. The number of nitrogens with zero attached hydrogens (tertiary/aromatic N) is 1. The normalized spacial score (nSPS) is 26.9. The lowest BCUT2D eigenvalue weighted by atomic mass is 9.99. The molecule has 2 rings (SSSR count). The first kappa shape index (κ1) is 11.9. The number of alkyl halides is 1. The lowest BCUT2D eigenvalue weighted by Crippen LogP contribution is -2.39. The minimum absolute atomic E-state index is 0.170. The molecule has 1 nitrogen and oxygen atoms in total. The van der Waals surface area contributed by atoms with Gasteiger partial charge in [-0.3, -0.25) is 4.90 Å². The van der Waals surface area contributed by atoms with Crippen molar-refractivity contribution in [3.8, 4) is 0 Å². The number of piperidine rings is 1. The fraction of sp³-hybridized carbons (Fsp3) is 0.538. The Labute approximate surface area is 101 Å². The molecule has 2 unspecified atom stereocenters. The number of halogens is 2. The van der Waals surface area contributed by atoms with Crippen molar-refractivity contribution >= 4 is 11.6 Å². The van der Waals surface area contributed by atoms with Gasteiger partial charge >= 0.3 is 0 Å². The Kier molecular flexibility index (Phi) is 3.82. The van der Waals surface area contributed by atoms with E-state index >= 15 is 0 Å². The van der Waals surface area contributed by atoms with Gasteiger partial charge in [0, 0.05) is 18.5 Å². The van der Waals surface area contributed by atoms with Gasteiger partial charge in [0.2, 0.25) is 0 Å². The quantitative estimate of drug-likeness (QED) is 0.719. The van der Waals surface area contributed by atoms with Crippen molar-refractivity contribution in [2.45, 2.75) is 25.3 Å². The minimum atomic E-state index is -0.170. The second-order valence-corrected chi connectivity index (χ2v) is 5.20. The van der Waals surface area contributed by atoms with Crippen molar-refractivity contribution in [3.63, 3.8) is 0 Å². The third kappa shape index (κ3) is 2.96. The van der Waals surface area contributed by atoms with Crippen molar-refractivity contribution in [1.82, 2.24) is 4.90 Å². The van der Waals surface area contributed by atoms with Crippen LogP contribution in [-0.4, -0.2) is 23.4 Å². The SMILES string of the molecule is CC1CN(Cc2ccc(F)cc2)CCC1Cl. The maximum absolute atomic E-state index is 12.7. The zero-order valence-electron chi connectivity index (χ0n) is 9.50. The summed E-state index contributed by atoms with van der Waals surface area (Å²) >= 11 is 6.18. The van der Waals surface area contributed by atoms with Gasteiger partial charge in [0.15, 0.2) is 0 Å². The summed E-state index contributed by atoms with van der Waals surface area (Å²) in [6, 6.07) is 6.75. The minimum Gasteiger partial charge on any atom is -0.299 e. The van der Waals surface area contributed by atoms with Gasteiger partial charge in [-0.1, -0.05) is 19.1 Å². The number of rotatable bonds is 2. The van der Waals surface area contributed by atoms with E-state index in [0.29, 0.717) is 11.3 Å². The molecule has 0 bridgehead atoms. The summed E-state index contributed by atoms with van der Waals surface area (Å²) in [5.74, 6) is 0.368. The van der Waals surface area contributed by atoms with Crippen molar-refractivity contribution < 1.29 is 4.39 Å². The van der Waals surface area contributed by atoms with E-state index in [9.17, 15) is 4.39 Å². The van der Waals surface area contributed by atoms with Gasteiger partial charge < -0.3 is 0 Å². The van der Waals surface area contributed by atoms with Crippen LogP contribution in [0.15, 0.2) is 24.3 Å². The molecular formula is C13H17ClFN. The lowest BCUT2D eigenvalue weighted by Gasteiger charge is -2.34. The molecule has 0 radical (unpaired) electrons. The summed E-state index contributed by atoms with van der Waals surface area (Å²) in [7, 11) is 0. The summed E-state index contributed by atoms with van der Waals surface area (Å²) in [4.78, 5) is 2.39. The van der Waals surface area contributed by atoms with Crippen LogP contribution in [0.1, 0.15) is 18.9 Å². The Hall–Kier alpha value is -0.600. The fourth-order valence-corrected chi connectivity index (χ4v) is 2.37. The Morgan fingerprint density at radius 3 is 2.69 bits per heavy atom. The molecule has 1 saturated heterocycles. The highest BCUT2D eigenvalue weighted by Gasteiger charge is 2.23. The monoisotopic (exact) mass is 241 g/mol. The van der Waals surface area contributed by atoms with Crippen LogP contribution in [-0.2, 0) is 6.54 Å². The molecule has 0 saturated carbocycles. The van der Waals surface area contributed by atoms with E-state index < -0.39 is 0 Å². The Bertz CT molecular complexity index is 338. The Balaban J connectivity index is 1.93. The molecule has 3 heteroatoms. The highest BCUT2D eigenvalue weighted by Crippen LogP contribution is 2.22. The number of hydrogen-bond acceptors (Lipinski definition) is 1. The van der Waals surface area contributed by atoms with Gasteiger partial charge in [-0.15, -0.1) is 11.6 Å². The molecule has 1 aliphatic heterocycles. The van der Waals surface area contributed by atoms with Crippen LogP contribution < -0.4 is 0 Å².